The smallest absolute Gasteiger partial charge is 0.257 e. The number of nitrogens with zero attached hydrogens (tertiary/aromatic N) is 2. The number of carbonyl (C=O) groups is 2. The van der Waals surface area contributed by atoms with Crippen LogP contribution in [0.15, 0.2) is 41.6 Å². The van der Waals surface area contributed by atoms with Crippen molar-refractivity contribution in [1.82, 2.24) is 9.88 Å². The van der Waals surface area contributed by atoms with Crippen LogP contribution in [0.4, 0.5) is 5.69 Å². The molecule has 1 N–H and O–H groups in total. The molecule has 8 heteroatoms. The van der Waals surface area contributed by atoms with Crippen molar-refractivity contribution >= 4 is 52.5 Å². The molecule has 1 saturated carbocycles. The van der Waals surface area contributed by atoms with Crippen LogP contribution < -0.4 is 5.32 Å². The minimum Gasteiger partial charge on any atom is -0.330 e. The number of hydrogen-bond donors (Lipinski definition) is 1. The molecule has 0 spiro atoms. The molecule has 0 atom stereocenters. The van der Waals surface area contributed by atoms with Crippen LogP contribution in [0, 0.1) is 0 Å². The van der Waals surface area contributed by atoms with Crippen LogP contribution in [0.3, 0.4) is 0 Å². The van der Waals surface area contributed by atoms with Gasteiger partial charge in [-0.25, -0.2) is 4.98 Å². The van der Waals surface area contributed by atoms with E-state index in [0.29, 0.717) is 33.1 Å². The Hall–Kier alpha value is -1.76. The Labute approximate surface area is 185 Å². The SMILES string of the molecule is CCN(CC(=O)Nc1c(Cl)cccc1Cl)C(=O)c1cccnc1SC1CCCC1. The fourth-order valence-corrected chi connectivity index (χ4v) is 5.06. The van der Waals surface area contributed by atoms with E-state index in [2.05, 4.69) is 10.3 Å². The quantitative estimate of drug-likeness (QED) is 0.601. The molecule has 2 amide bonds. The first-order valence-corrected chi connectivity index (χ1v) is 11.3. The lowest BCUT2D eigenvalue weighted by molar-refractivity contribution is -0.116. The molecule has 1 aliphatic carbocycles. The average Bonchev–Trinajstić information content (AvgIpc) is 3.22. The van der Waals surface area contributed by atoms with E-state index in [4.69, 9.17) is 23.2 Å². The average molecular weight is 452 g/mol. The van der Waals surface area contributed by atoms with Crippen LogP contribution in [0.1, 0.15) is 43.0 Å². The third-order valence-corrected chi connectivity index (χ3v) is 6.80. The molecule has 1 heterocycles. The Morgan fingerprint density at radius 2 is 1.86 bits per heavy atom. The Balaban J connectivity index is 1.71. The number of thioether (sulfide) groups is 1. The molecule has 1 aromatic heterocycles. The summed E-state index contributed by atoms with van der Waals surface area (Å²) in [5.41, 5.74) is 0.887. The number of hydrogen-bond acceptors (Lipinski definition) is 4. The zero-order valence-corrected chi connectivity index (χ0v) is 18.5. The predicted molar refractivity (Wildman–Crippen MR) is 119 cm³/mol. The van der Waals surface area contributed by atoms with Crippen molar-refractivity contribution in [3.8, 4) is 0 Å². The molecule has 1 aliphatic rings. The van der Waals surface area contributed by atoms with Gasteiger partial charge in [0, 0.05) is 18.0 Å². The van der Waals surface area contributed by atoms with Crippen LogP contribution in [-0.4, -0.2) is 40.0 Å². The maximum Gasteiger partial charge on any atom is 0.257 e. The van der Waals surface area contributed by atoms with Crippen molar-refractivity contribution in [2.75, 3.05) is 18.4 Å². The monoisotopic (exact) mass is 451 g/mol. The highest BCUT2D eigenvalue weighted by Crippen LogP contribution is 2.35. The molecule has 2 aromatic rings. The van der Waals surface area contributed by atoms with Gasteiger partial charge in [-0.1, -0.05) is 42.1 Å². The van der Waals surface area contributed by atoms with Gasteiger partial charge in [0.05, 0.1) is 21.3 Å². The van der Waals surface area contributed by atoms with E-state index >= 15 is 0 Å². The second kappa shape index (κ2) is 10.3. The fourth-order valence-electron chi connectivity index (χ4n) is 3.28. The number of pyridine rings is 1. The van der Waals surface area contributed by atoms with Gasteiger partial charge in [-0.15, -0.1) is 11.8 Å². The Morgan fingerprint density at radius 3 is 2.52 bits per heavy atom. The number of aromatic nitrogens is 1. The lowest BCUT2D eigenvalue weighted by atomic mass is 10.2. The maximum atomic E-state index is 13.1. The molecule has 0 radical (unpaired) electrons. The molecule has 0 unspecified atom stereocenters. The normalized spacial score (nSPS) is 14.0. The summed E-state index contributed by atoms with van der Waals surface area (Å²) in [5.74, 6) is -0.564. The number of rotatable bonds is 7. The van der Waals surface area contributed by atoms with Gasteiger partial charge in [0.2, 0.25) is 5.91 Å². The van der Waals surface area contributed by atoms with E-state index in [1.54, 1.807) is 48.3 Å². The van der Waals surface area contributed by atoms with Gasteiger partial charge in [0.25, 0.3) is 5.91 Å². The first-order chi connectivity index (χ1) is 14.0. The molecule has 1 fully saturated rings. The van der Waals surface area contributed by atoms with Gasteiger partial charge in [0.15, 0.2) is 0 Å². The third kappa shape index (κ3) is 5.65. The molecule has 0 bridgehead atoms. The van der Waals surface area contributed by atoms with Gasteiger partial charge in [-0.2, -0.15) is 0 Å². The van der Waals surface area contributed by atoms with Crippen LogP contribution in [0.5, 0.6) is 0 Å². The van der Waals surface area contributed by atoms with Crippen LogP contribution in [-0.2, 0) is 4.79 Å². The van der Waals surface area contributed by atoms with Crippen LogP contribution in [0.25, 0.3) is 0 Å². The van der Waals surface area contributed by atoms with Gasteiger partial charge in [-0.3, -0.25) is 9.59 Å². The predicted octanol–water partition coefficient (Wildman–Crippen LogP) is 5.52. The molecule has 3 rings (SSSR count). The summed E-state index contributed by atoms with van der Waals surface area (Å²) in [4.78, 5) is 31.6. The largest absolute Gasteiger partial charge is 0.330 e. The molecule has 0 aliphatic heterocycles. The zero-order valence-electron chi connectivity index (χ0n) is 16.2. The van der Waals surface area contributed by atoms with E-state index in [1.165, 1.54) is 17.7 Å². The molecule has 154 valence electrons. The van der Waals surface area contributed by atoms with E-state index in [0.717, 1.165) is 17.9 Å². The first-order valence-electron chi connectivity index (χ1n) is 9.64. The molecule has 5 nitrogen and oxygen atoms in total. The van der Waals surface area contributed by atoms with E-state index in [9.17, 15) is 9.59 Å². The number of para-hydroxylation sites is 1. The standard InChI is InChI=1S/C21H23Cl2N3O2S/c1-2-26(13-18(27)25-19-16(22)10-5-11-17(19)23)21(28)15-9-6-12-24-20(15)29-14-7-3-4-8-14/h5-6,9-12,14H,2-4,7-8,13H2,1H3,(H,25,27). The molecular weight excluding hydrogens is 429 g/mol. The van der Waals surface area contributed by atoms with Crippen LogP contribution >= 0.6 is 35.0 Å². The molecule has 1 aromatic carbocycles. The highest BCUT2D eigenvalue weighted by Gasteiger charge is 2.24. The summed E-state index contributed by atoms with van der Waals surface area (Å²) in [6, 6.07) is 8.53. The summed E-state index contributed by atoms with van der Waals surface area (Å²) in [6.45, 7) is 2.14. The summed E-state index contributed by atoms with van der Waals surface area (Å²) in [6.07, 6.45) is 6.44. The van der Waals surface area contributed by atoms with Gasteiger partial charge in [-0.05, 0) is 44.0 Å². The lowest BCUT2D eigenvalue weighted by Crippen LogP contribution is -2.38. The maximum absolute atomic E-state index is 13.1. The number of amides is 2. The van der Waals surface area contributed by atoms with Crippen molar-refractivity contribution in [2.45, 2.75) is 42.9 Å². The zero-order chi connectivity index (χ0) is 20.8. The summed E-state index contributed by atoms with van der Waals surface area (Å²) < 4.78 is 0. The molecular formula is C21H23Cl2N3O2S. The topological polar surface area (TPSA) is 62.3 Å². The minimum atomic E-state index is -0.357. The van der Waals surface area contributed by atoms with Crippen molar-refractivity contribution in [1.29, 1.82) is 0 Å². The molecule has 0 saturated heterocycles. The third-order valence-electron chi connectivity index (χ3n) is 4.81. The van der Waals surface area contributed by atoms with Gasteiger partial charge in [0.1, 0.15) is 11.6 Å². The number of nitrogens with one attached hydrogen (secondary N) is 1. The summed E-state index contributed by atoms with van der Waals surface area (Å²) >= 11 is 13.9. The van der Waals surface area contributed by atoms with Crippen molar-refractivity contribution in [3.05, 3.63) is 52.1 Å². The van der Waals surface area contributed by atoms with E-state index < -0.39 is 0 Å². The first kappa shape index (κ1) is 21.9. The Morgan fingerprint density at radius 1 is 1.17 bits per heavy atom. The minimum absolute atomic E-state index is 0.0979. The number of carbonyl (C=O) groups excluding carboxylic acids is 2. The van der Waals surface area contributed by atoms with Crippen LogP contribution in [0.2, 0.25) is 10.0 Å². The van der Waals surface area contributed by atoms with E-state index in [1.807, 2.05) is 6.92 Å². The highest BCUT2D eigenvalue weighted by molar-refractivity contribution is 7.99. The fraction of sp³-hybridized carbons (Fsp3) is 0.381. The summed E-state index contributed by atoms with van der Waals surface area (Å²) in [5, 5.41) is 4.64. The lowest BCUT2D eigenvalue weighted by Gasteiger charge is -2.22. The number of anilines is 1. The van der Waals surface area contributed by atoms with Crippen molar-refractivity contribution < 1.29 is 9.59 Å². The highest BCUT2D eigenvalue weighted by atomic mass is 35.5. The van der Waals surface area contributed by atoms with Crippen molar-refractivity contribution in [3.63, 3.8) is 0 Å². The second-order valence-electron chi connectivity index (χ2n) is 6.84. The number of benzene rings is 1. The Kier molecular flexibility index (Phi) is 7.81. The van der Waals surface area contributed by atoms with Gasteiger partial charge >= 0.3 is 0 Å². The van der Waals surface area contributed by atoms with E-state index in [-0.39, 0.29) is 18.4 Å². The summed E-state index contributed by atoms with van der Waals surface area (Å²) in [7, 11) is 0. The number of likely N-dealkylation sites (N-methyl/N-ethyl adjacent to an activating group) is 1. The number of halogens is 2. The molecule has 29 heavy (non-hydrogen) atoms. The Bertz CT molecular complexity index is 868. The van der Waals surface area contributed by atoms with Crippen molar-refractivity contribution in [2.24, 2.45) is 0 Å². The van der Waals surface area contributed by atoms with Gasteiger partial charge < -0.3 is 10.2 Å². The second-order valence-corrected chi connectivity index (χ2v) is 8.95.